The molecule has 4 nitrogen and oxygen atoms in total. The van der Waals surface area contributed by atoms with E-state index < -0.39 is 22.9 Å². The van der Waals surface area contributed by atoms with Gasteiger partial charge in [-0.15, -0.1) is 0 Å². The molecule has 0 radical (unpaired) electrons. The normalized spacial score (nSPS) is 54.1. The lowest BCUT2D eigenvalue weighted by Gasteiger charge is -2.71. The molecule has 5 rings (SSSR count). The molecule has 192 valence electrons. The Balaban J connectivity index is 1.60. The van der Waals surface area contributed by atoms with E-state index in [4.69, 9.17) is 0 Å². The van der Waals surface area contributed by atoms with Crippen molar-refractivity contribution < 1.29 is 20.1 Å². The number of hydrogen-bond acceptors (Lipinski definition) is 3. The van der Waals surface area contributed by atoms with Crippen LogP contribution in [0.4, 0.5) is 0 Å². The predicted octanol–water partition coefficient (Wildman–Crippen LogP) is 6.21. The van der Waals surface area contributed by atoms with Gasteiger partial charge in [0.1, 0.15) is 0 Å². The van der Waals surface area contributed by atoms with E-state index in [2.05, 4.69) is 47.6 Å². The second-order valence-corrected chi connectivity index (χ2v) is 14.9. The van der Waals surface area contributed by atoms with Gasteiger partial charge in [0.25, 0.3) is 0 Å². The van der Waals surface area contributed by atoms with Gasteiger partial charge >= 0.3 is 5.97 Å². The summed E-state index contributed by atoms with van der Waals surface area (Å²) in [5, 5.41) is 31.8. The summed E-state index contributed by atoms with van der Waals surface area (Å²) in [5.41, 5.74) is 0.858. The standard InChI is InChI=1S/C30H48O4/c1-25(2)13-15-30(24(33)34)16-14-28(5)19(20(30)17-25)7-8-22-26(3)11-10-23(32)27(4,18-31)21(26)9-12-29(22,28)6/h7,20-23,31-32H,8-18H2,1-6H3,(H,33,34)/t20-,21?,22-,23-,26+,27-,28-,29-,30+/m1/s1. The zero-order valence-corrected chi connectivity index (χ0v) is 22.4. The molecule has 0 amide bonds. The molecular formula is C30H48O4. The van der Waals surface area contributed by atoms with Crippen molar-refractivity contribution in [2.45, 2.75) is 112 Å². The smallest absolute Gasteiger partial charge is 0.310 e. The maximum Gasteiger partial charge on any atom is 0.310 e. The molecule has 34 heavy (non-hydrogen) atoms. The molecular weight excluding hydrogens is 424 g/mol. The van der Waals surface area contributed by atoms with Crippen molar-refractivity contribution in [2.75, 3.05) is 6.61 Å². The summed E-state index contributed by atoms with van der Waals surface area (Å²) in [6.07, 6.45) is 11.6. The average Bonchev–Trinajstić information content (AvgIpc) is 2.76. The van der Waals surface area contributed by atoms with Crippen molar-refractivity contribution >= 4 is 5.97 Å². The lowest BCUT2D eigenvalue weighted by atomic mass is 9.33. The molecule has 4 heteroatoms. The van der Waals surface area contributed by atoms with Crippen LogP contribution in [0.15, 0.2) is 11.6 Å². The van der Waals surface area contributed by atoms with Crippen LogP contribution in [-0.2, 0) is 4.79 Å². The number of fused-ring (bicyclic) bond motifs is 7. The first-order valence-corrected chi connectivity index (χ1v) is 13.9. The lowest BCUT2D eigenvalue weighted by molar-refractivity contribution is -0.216. The minimum Gasteiger partial charge on any atom is -0.481 e. The number of carboxylic acid groups (broad SMARTS) is 1. The molecule has 4 saturated carbocycles. The van der Waals surface area contributed by atoms with E-state index in [9.17, 15) is 20.1 Å². The topological polar surface area (TPSA) is 77.8 Å². The van der Waals surface area contributed by atoms with Crippen molar-refractivity contribution in [1.82, 2.24) is 0 Å². The fraction of sp³-hybridized carbons (Fsp3) is 0.900. The van der Waals surface area contributed by atoms with Crippen LogP contribution < -0.4 is 0 Å². The van der Waals surface area contributed by atoms with E-state index in [1.165, 1.54) is 5.57 Å². The Morgan fingerprint density at radius 1 is 0.941 bits per heavy atom. The van der Waals surface area contributed by atoms with Gasteiger partial charge in [-0.2, -0.15) is 0 Å². The highest BCUT2D eigenvalue weighted by Gasteiger charge is 2.69. The quantitative estimate of drug-likeness (QED) is 0.418. The van der Waals surface area contributed by atoms with Gasteiger partial charge in [0, 0.05) is 5.41 Å². The van der Waals surface area contributed by atoms with Gasteiger partial charge in [0.2, 0.25) is 0 Å². The Morgan fingerprint density at radius 2 is 1.62 bits per heavy atom. The molecule has 0 aliphatic heterocycles. The Bertz CT molecular complexity index is 907. The van der Waals surface area contributed by atoms with Gasteiger partial charge in [-0.25, -0.2) is 0 Å². The molecule has 0 heterocycles. The molecule has 0 aromatic rings. The van der Waals surface area contributed by atoms with E-state index in [0.29, 0.717) is 11.8 Å². The summed E-state index contributed by atoms with van der Waals surface area (Å²) in [6.45, 7) is 14.3. The number of carbonyl (C=O) groups is 1. The number of carboxylic acids is 1. The van der Waals surface area contributed by atoms with Crippen LogP contribution in [0.2, 0.25) is 0 Å². The second kappa shape index (κ2) is 7.34. The summed E-state index contributed by atoms with van der Waals surface area (Å²) in [5.74, 6) is 0.395. The third-order valence-corrected chi connectivity index (χ3v) is 13.2. The first kappa shape index (κ1) is 24.8. The molecule has 0 spiro atoms. The number of rotatable bonds is 2. The van der Waals surface area contributed by atoms with Crippen molar-refractivity contribution in [3.05, 3.63) is 11.6 Å². The molecule has 4 fully saturated rings. The number of hydrogen-bond donors (Lipinski definition) is 3. The minimum absolute atomic E-state index is 0.0204. The summed E-state index contributed by atoms with van der Waals surface area (Å²) >= 11 is 0. The molecule has 0 aromatic carbocycles. The molecule has 5 aliphatic rings. The van der Waals surface area contributed by atoms with Crippen LogP contribution in [-0.4, -0.2) is 34.0 Å². The third-order valence-electron chi connectivity index (χ3n) is 13.2. The van der Waals surface area contributed by atoms with Crippen LogP contribution in [0.3, 0.4) is 0 Å². The van der Waals surface area contributed by atoms with Crippen molar-refractivity contribution in [3.63, 3.8) is 0 Å². The minimum atomic E-state index is -0.588. The third kappa shape index (κ3) is 2.88. The van der Waals surface area contributed by atoms with Crippen molar-refractivity contribution in [3.8, 4) is 0 Å². The summed E-state index contributed by atoms with van der Waals surface area (Å²) < 4.78 is 0. The molecule has 0 bridgehead atoms. The predicted molar refractivity (Wildman–Crippen MR) is 134 cm³/mol. The fourth-order valence-corrected chi connectivity index (χ4v) is 10.7. The van der Waals surface area contributed by atoms with Crippen LogP contribution >= 0.6 is 0 Å². The summed E-state index contributed by atoms with van der Waals surface area (Å²) in [4.78, 5) is 12.8. The van der Waals surface area contributed by atoms with Gasteiger partial charge < -0.3 is 15.3 Å². The number of aliphatic hydroxyl groups is 2. The molecule has 0 aromatic heterocycles. The number of aliphatic carboxylic acids is 1. The van der Waals surface area contributed by atoms with E-state index in [1.807, 2.05) is 0 Å². The van der Waals surface area contributed by atoms with Gasteiger partial charge in [-0.1, -0.05) is 53.2 Å². The number of allylic oxidation sites excluding steroid dienone is 2. The Morgan fingerprint density at radius 3 is 2.26 bits per heavy atom. The van der Waals surface area contributed by atoms with Gasteiger partial charge in [0.05, 0.1) is 18.1 Å². The highest BCUT2D eigenvalue weighted by Crippen LogP contribution is 2.75. The summed E-state index contributed by atoms with van der Waals surface area (Å²) in [6, 6.07) is 0. The van der Waals surface area contributed by atoms with E-state index in [0.717, 1.165) is 64.2 Å². The Kier molecular flexibility index (Phi) is 5.36. The molecule has 3 N–H and O–H groups in total. The zero-order valence-electron chi connectivity index (χ0n) is 22.4. The van der Waals surface area contributed by atoms with E-state index in [-0.39, 0.29) is 34.2 Å². The second-order valence-electron chi connectivity index (χ2n) is 14.9. The van der Waals surface area contributed by atoms with Crippen LogP contribution in [0, 0.1) is 50.2 Å². The highest BCUT2D eigenvalue weighted by molar-refractivity contribution is 5.76. The van der Waals surface area contributed by atoms with E-state index >= 15 is 0 Å². The summed E-state index contributed by atoms with van der Waals surface area (Å²) in [7, 11) is 0. The van der Waals surface area contributed by atoms with Crippen molar-refractivity contribution in [2.24, 2.45) is 50.2 Å². The fourth-order valence-electron chi connectivity index (χ4n) is 10.7. The van der Waals surface area contributed by atoms with Gasteiger partial charge in [0.15, 0.2) is 0 Å². The maximum atomic E-state index is 12.8. The molecule has 1 unspecified atom stereocenters. The average molecular weight is 473 g/mol. The highest BCUT2D eigenvalue weighted by atomic mass is 16.4. The van der Waals surface area contributed by atoms with Crippen LogP contribution in [0.1, 0.15) is 106 Å². The van der Waals surface area contributed by atoms with Crippen LogP contribution in [0.5, 0.6) is 0 Å². The first-order valence-electron chi connectivity index (χ1n) is 13.9. The monoisotopic (exact) mass is 472 g/mol. The first-order chi connectivity index (χ1) is 15.7. The SMILES string of the molecule is CC1(C)CC[C@]2(C(=O)O)CC[C@]3(C)C(=CC[C@@H]4[C@@]5(C)CC[C@@H](O)[C@](C)(CO)C5CC[C@]43C)[C@H]2C1. The Hall–Kier alpha value is -0.870. The molecule has 0 saturated heterocycles. The molecule has 9 atom stereocenters. The number of aliphatic hydroxyl groups excluding tert-OH is 2. The van der Waals surface area contributed by atoms with Crippen LogP contribution in [0.25, 0.3) is 0 Å². The largest absolute Gasteiger partial charge is 0.481 e. The zero-order chi connectivity index (χ0) is 24.9. The molecule has 5 aliphatic carbocycles. The van der Waals surface area contributed by atoms with Crippen molar-refractivity contribution in [1.29, 1.82) is 0 Å². The van der Waals surface area contributed by atoms with E-state index in [1.54, 1.807) is 0 Å². The van der Waals surface area contributed by atoms with Gasteiger partial charge in [-0.3, -0.25) is 4.79 Å². The maximum absolute atomic E-state index is 12.8. The lowest BCUT2D eigenvalue weighted by Crippen LogP contribution is -2.65. The Labute approximate surface area is 206 Å². The van der Waals surface area contributed by atoms with Gasteiger partial charge in [-0.05, 0) is 104 Å².